The first-order chi connectivity index (χ1) is 10.3. The van der Waals surface area contributed by atoms with Gasteiger partial charge in [-0.25, -0.2) is 4.89 Å². The molecule has 5 rings (SSSR count). The van der Waals surface area contributed by atoms with Crippen LogP contribution in [0, 0.1) is 28.6 Å². The zero-order valence-electron chi connectivity index (χ0n) is 14.4. The number of rotatable bonds is 1. The molecule has 7 atom stereocenters. The number of aliphatic hydroxyl groups is 1. The molecule has 3 heteroatoms. The molecule has 5 aliphatic carbocycles. The van der Waals surface area contributed by atoms with Crippen LogP contribution in [0.4, 0.5) is 0 Å². The predicted octanol–water partition coefficient (Wildman–Crippen LogP) is 4.39. The second kappa shape index (κ2) is 4.49. The molecule has 0 radical (unpaired) electrons. The van der Waals surface area contributed by atoms with E-state index in [4.69, 9.17) is 4.89 Å². The highest BCUT2D eigenvalue weighted by Gasteiger charge is 2.66. The van der Waals surface area contributed by atoms with Gasteiger partial charge in [0.25, 0.3) is 0 Å². The van der Waals surface area contributed by atoms with Crippen LogP contribution >= 0.6 is 0 Å². The van der Waals surface area contributed by atoms with Crippen LogP contribution in [0.3, 0.4) is 0 Å². The van der Waals surface area contributed by atoms with Crippen LogP contribution in [-0.4, -0.2) is 21.6 Å². The Morgan fingerprint density at radius 3 is 2.36 bits per heavy atom. The Hall–Kier alpha value is -0.120. The monoisotopic (exact) mass is 308 g/mol. The van der Waals surface area contributed by atoms with Crippen LogP contribution in [-0.2, 0) is 4.89 Å². The maximum Gasteiger partial charge on any atom is 0.104 e. The fourth-order valence-electron chi connectivity index (χ4n) is 7.74. The lowest BCUT2D eigenvalue weighted by Gasteiger charge is -2.69. The van der Waals surface area contributed by atoms with Gasteiger partial charge in [0.1, 0.15) is 5.60 Å². The van der Waals surface area contributed by atoms with Crippen LogP contribution in [0.5, 0.6) is 0 Å². The van der Waals surface area contributed by atoms with Crippen molar-refractivity contribution in [3.8, 4) is 0 Å². The molecule has 5 fully saturated rings. The van der Waals surface area contributed by atoms with Crippen molar-refractivity contribution in [2.24, 2.45) is 28.6 Å². The normalized spacial score (nSPS) is 60.7. The molecule has 0 saturated heterocycles. The molecule has 0 aromatic heterocycles. The second-order valence-electron chi connectivity index (χ2n) is 9.77. The van der Waals surface area contributed by atoms with Gasteiger partial charge in [-0.1, -0.05) is 6.92 Å². The summed E-state index contributed by atoms with van der Waals surface area (Å²) in [7, 11) is 0. The summed E-state index contributed by atoms with van der Waals surface area (Å²) in [4.78, 5) is 5.06. The van der Waals surface area contributed by atoms with Gasteiger partial charge < -0.3 is 5.11 Å². The molecule has 0 amide bonds. The molecule has 0 aromatic carbocycles. The molecule has 126 valence electrons. The number of fused-ring (bicyclic) bond motifs is 3. The zero-order valence-corrected chi connectivity index (χ0v) is 14.4. The van der Waals surface area contributed by atoms with E-state index in [2.05, 4.69) is 20.8 Å². The van der Waals surface area contributed by atoms with Crippen molar-refractivity contribution < 1.29 is 15.3 Å². The van der Waals surface area contributed by atoms with Gasteiger partial charge in [-0.2, -0.15) is 0 Å². The van der Waals surface area contributed by atoms with Crippen molar-refractivity contribution in [2.75, 3.05) is 0 Å². The van der Waals surface area contributed by atoms with Crippen molar-refractivity contribution >= 4 is 0 Å². The fourth-order valence-corrected chi connectivity index (χ4v) is 7.74. The van der Waals surface area contributed by atoms with Crippen molar-refractivity contribution in [1.29, 1.82) is 0 Å². The van der Waals surface area contributed by atoms with Crippen LogP contribution in [0.25, 0.3) is 0 Å². The van der Waals surface area contributed by atoms with E-state index >= 15 is 0 Å². The fraction of sp³-hybridized carbons (Fsp3) is 1.00. The maximum absolute atomic E-state index is 10.9. The SMILES string of the molecule is CC1(O)CC23CCC1CC2C1(C)CCCC(C)(OO)C1CC3. The van der Waals surface area contributed by atoms with E-state index in [-0.39, 0.29) is 11.0 Å². The van der Waals surface area contributed by atoms with Gasteiger partial charge in [0.2, 0.25) is 0 Å². The Kier molecular flexibility index (Phi) is 3.14. The summed E-state index contributed by atoms with van der Waals surface area (Å²) in [6.45, 7) is 6.66. The smallest absolute Gasteiger partial charge is 0.104 e. The predicted molar refractivity (Wildman–Crippen MR) is 85.3 cm³/mol. The molecule has 0 heterocycles. The van der Waals surface area contributed by atoms with Crippen LogP contribution in [0.1, 0.15) is 78.6 Å². The highest BCUT2D eigenvalue weighted by Crippen LogP contribution is 2.71. The van der Waals surface area contributed by atoms with E-state index in [1.807, 2.05) is 0 Å². The van der Waals surface area contributed by atoms with Gasteiger partial charge in [0.05, 0.1) is 5.60 Å². The number of hydrogen-bond donors (Lipinski definition) is 2. The minimum absolute atomic E-state index is 0.267. The standard InChI is InChI=1S/C19H32O3/c1-16-7-4-8-18(3,22-21)14(16)6-10-19-9-5-13(11-15(16)19)17(2,20)12-19/h13-15,20-21H,4-12H2,1-3H3. The molecule has 2 N–H and O–H groups in total. The first kappa shape index (κ1) is 15.4. The van der Waals surface area contributed by atoms with Crippen LogP contribution < -0.4 is 0 Å². The van der Waals surface area contributed by atoms with Crippen molar-refractivity contribution in [1.82, 2.24) is 0 Å². The summed E-state index contributed by atoms with van der Waals surface area (Å²) >= 11 is 0. The minimum atomic E-state index is -0.455. The third kappa shape index (κ3) is 1.79. The molecule has 7 unspecified atom stereocenters. The Morgan fingerprint density at radius 1 is 0.955 bits per heavy atom. The molecule has 2 bridgehead atoms. The van der Waals surface area contributed by atoms with Gasteiger partial charge in [0, 0.05) is 0 Å². The Morgan fingerprint density at radius 2 is 1.68 bits per heavy atom. The van der Waals surface area contributed by atoms with Crippen LogP contribution in [0.15, 0.2) is 0 Å². The van der Waals surface area contributed by atoms with Gasteiger partial charge in [-0.15, -0.1) is 0 Å². The molecule has 0 aliphatic heterocycles. The quantitative estimate of drug-likeness (QED) is 0.558. The summed E-state index contributed by atoms with van der Waals surface area (Å²) in [5.41, 5.74) is -0.211. The van der Waals surface area contributed by atoms with E-state index < -0.39 is 5.60 Å². The molecular formula is C19H32O3. The first-order valence-corrected chi connectivity index (χ1v) is 9.31. The Labute approximate surface area is 134 Å². The molecule has 1 spiro atoms. The lowest BCUT2D eigenvalue weighted by Crippen LogP contribution is -2.65. The maximum atomic E-state index is 10.9. The largest absolute Gasteiger partial charge is 0.390 e. The zero-order chi connectivity index (χ0) is 15.8. The molecule has 22 heavy (non-hydrogen) atoms. The highest BCUT2D eigenvalue weighted by molar-refractivity contribution is 5.16. The van der Waals surface area contributed by atoms with Gasteiger partial charge in [-0.3, -0.25) is 5.26 Å². The summed E-state index contributed by atoms with van der Waals surface area (Å²) in [6.07, 6.45) is 10.4. The summed E-state index contributed by atoms with van der Waals surface area (Å²) in [5.74, 6) is 1.63. The lowest BCUT2D eigenvalue weighted by molar-refractivity contribution is -0.363. The summed E-state index contributed by atoms with van der Waals surface area (Å²) < 4.78 is 0. The van der Waals surface area contributed by atoms with E-state index in [0.717, 1.165) is 25.7 Å². The summed E-state index contributed by atoms with van der Waals surface area (Å²) in [5, 5.41) is 20.4. The Bertz CT molecular complexity index is 475. The highest BCUT2D eigenvalue weighted by atomic mass is 17.1. The minimum Gasteiger partial charge on any atom is -0.390 e. The van der Waals surface area contributed by atoms with E-state index in [0.29, 0.717) is 23.2 Å². The number of hydrogen-bond acceptors (Lipinski definition) is 3. The third-order valence-electron chi connectivity index (χ3n) is 8.70. The third-order valence-corrected chi connectivity index (χ3v) is 8.70. The Balaban J connectivity index is 1.73. The molecule has 3 nitrogen and oxygen atoms in total. The van der Waals surface area contributed by atoms with Crippen molar-refractivity contribution in [3.63, 3.8) is 0 Å². The van der Waals surface area contributed by atoms with Crippen LogP contribution in [0.2, 0.25) is 0 Å². The van der Waals surface area contributed by atoms with Crippen molar-refractivity contribution in [3.05, 3.63) is 0 Å². The average Bonchev–Trinajstić information content (AvgIpc) is 2.45. The van der Waals surface area contributed by atoms with Gasteiger partial charge in [-0.05, 0) is 100 Å². The van der Waals surface area contributed by atoms with E-state index in [1.165, 1.54) is 32.1 Å². The van der Waals surface area contributed by atoms with Gasteiger partial charge >= 0.3 is 0 Å². The molecular weight excluding hydrogens is 276 g/mol. The molecule has 0 aromatic rings. The first-order valence-electron chi connectivity index (χ1n) is 9.31. The topological polar surface area (TPSA) is 49.7 Å². The average molecular weight is 308 g/mol. The van der Waals surface area contributed by atoms with E-state index in [1.54, 1.807) is 0 Å². The lowest BCUT2D eigenvalue weighted by atomic mass is 9.37. The molecule has 5 saturated carbocycles. The second-order valence-corrected chi connectivity index (χ2v) is 9.77. The molecule has 5 aliphatic rings. The van der Waals surface area contributed by atoms with E-state index in [9.17, 15) is 10.4 Å². The summed E-state index contributed by atoms with van der Waals surface area (Å²) in [6, 6.07) is 0. The van der Waals surface area contributed by atoms with Crippen molar-refractivity contribution in [2.45, 2.75) is 89.8 Å². The van der Waals surface area contributed by atoms with Gasteiger partial charge in [0.15, 0.2) is 0 Å².